The van der Waals surface area contributed by atoms with E-state index >= 15 is 0 Å². The third kappa shape index (κ3) is 4.19. The molecule has 0 bridgehead atoms. The number of pyridine rings is 1. The molecule has 0 unspecified atom stereocenters. The van der Waals surface area contributed by atoms with E-state index in [-0.39, 0.29) is 5.91 Å². The zero-order chi connectivity index (χ0) is 14.2. The monoisotopic (exact) mass is 272 g/mol. The van der Waals surface area contributed by atoms with Crippen molar-refractivity contribution >= 4 is 5.91 Å². The van der Waals surface area contributed by atoms with Gasteiger partial charge in [0.05, 0.1) is 0 Å². The van der Waals surface area contributed by atoms with Crippen LogP contribution in [0.4, 0.5) is 0 Å². The molecule has 5 nitrogen and oxygen atoms in total. The first-order valence-electron chi connectivity index (χ1n) is 7.01. The Morgan fingerprint density at radius 1 is 1.35 bits per heavy atom. The summed E-state index contributed by atoms with van der Waals surface area (Å²) in [7, 11) is 0. The Balaban J connectivity index is 1.81. The van der Waals surface area contributed by atoms with Crippen molar-refractivity contribution in [2.24, 2.45) is 0 Å². The third-order valence-corrected chi connectivity index (χ3v) is 3.05. The molecule has 0 aromatic carbocycles. The molecule has 0 atom stereocenters. The molecular formula is C15H20N4O. The molecule has 1 amide bonds. The second kappa shape index (κ2) is 7.43. The fraction of sp³-hybridized carbons (Fsp3) is 0.400. The van der Waals surface area contributed by atoms with E-state index in [0.717, 1.165) is 30.6 Å². The summed E-state index contributed by atoms with van der Waals surface area (Å²) in [6.07, 6.45) is 9.12. The van der Waals surface area contributed by atoms with E-state index in [9.17, 15) is 4.79 Å². The molecule has 5 heteroatoms. The first-order valence-corrected chi connectivity index (χ1v) is 7.01. The molecule has 1 N–H and O–H groups in total. The van der Waals surface area contributed by atoms with Gasteiger partial charge in [0.1, 0.15) is 0 Å². The number of nitrogens with one attached hydrogen (secondary N) is 1. The molecule has 0 spiro atoms. The van der Waals surface area contributed by atoms with Crippen LogP contribution >= 0.6 is 0 Å². The van der Waals surface area contributed by atoms with Gasteiger partial charge in [0.2, 0.25) is 5.91 Å². The Kier molecular flexibility index (Phi) is 5.29. The summed E-state index contributed by atoms with van der Waals surface area (Å²) < 4.78 is 1.70. The molecule has 20 heavy (non-hydrogen) atoms. The highest BCUT2D eigenvalue weighted by atomic mass is 16.1. The summed E-state index contributed by atoms with van der Waals surface area (Å²) in [5, 5.41) is 7.03. The molecule has 0 saturated carbocycles. The predicted molar refractivity (Wildman–Crippen MR) is 77.3 cm³/mol. The molecule has 0 aliphatic heterocycles. The van der Waals surface area contributed by atoms with E-state index in [1.54, 1.807) is 17.1 Å². The number of hydrogen-bond acceptors (Lipinski definition) is 3. The molecule has 0 radical (unpaired) electrons. The standard InChI is InChI=1S/C15H20N4O/c1-2-3-4-6-15(20)17-12-13-7-8-14(16-11-13)19-10-5-9-18-19/h5,7-11H,2-4,6,12H2,1H3,(H,17,20). The molecule has 2 aromatic rings. The molecule has 0 aliphatic carbocycles. The number of hydrogen-bond donors (Lipinski definition) is 1. The average molecular weight is 272 g/mol. The SMILES string of the molecule is CCCCCC(=O)NCc1ccc(-n2cccn2)nc1. The van der Waals surface area contributed by atoms with E-state index < -0.39 is 0 Å². The summed E-state index contributed by atoms with van der Waals surface area (Å²) in [5.41, 5.74) is 0.991. The number of aromatic nitrogens is 3. The van der Waals surface area contributed by atoms with E-state index in [1.165, 1.54) is 0 Å². The molecule has 2 aromatic heterocycles. The van der Waals surface area contributed by atoms with Crippen molar-refractivity contribution in [2.75, 3.05) is 0 Å². The van der Waals surface area contributed by atoms with Crippen molar-refractivity contribution < 1.29 is 4.79 Å². The molecule has 2 rings (SSSR count). The third-order valence-electron chi connectivity index (χ3n) is 3.05. The summed E-state index contributed by atoms with van der Waals surface area (Å²) >= 11 is 0. The Morgan fingerprint density at radius 3 is 2.90 bits per heavy atom. The minimum atomic E-state index is 0.106. The van der Waals surface area contributed by atoms with Gasteiger partial charge in [-0.05, 0) is 24.1 Å². The zero-order valence-corrected chi connectivity index (χ0v) is 11.7. The first-order chi connectivity index (χ1) is 9.79. The quantitative estimate of drug-likeness (QED) is 0.788. The summed E-state index contributed by atoms with van der Waals surface area (Å²) in [6, 6.07) is 5.70. The second-order valence-corrected chi connectivity index (χ2v) is 4.71. The number of nitrogens with zero attached hydrogens (tertiary/aromatic N) is 3. The van der Waals surface area contributed by atoms with E-state index in [0.29, 0.717) is 13.0 Å². The lowest BCUT2D eigenvalue weighted by Crippen LogP contribution is -2.22. The number of unbranched alkanes of at least 4 members (excludes halogenated alkanes) is 2. The topological polar surface area (TPSA) is 59.8 Å². The van der Waals surface area contributed by atoms with Gasteiger partial charge in [-0.1, -0.05) is 25.8 Å². The number of carbonyl (C=O) groups is 1. The maximum absolute atomic E-state index is 11.6. The van der Waals surface area contributed by atoms with Crippen molar-refractivity contribution in [3.05, 3.63) is 42.4 Å². The van der Waals surface area contributed by atoms with Crippen LogP contribution in [-0.4, -0.2) is 20.7 Å². The Morgan fingerprint density at radius 2 is 2.25 bits per heavy atom. The number of amides is 1. The average Bonchev–Trinajstić information content (AvgIpc) is 3.00. The normalized spacial score (nSPS) is 10.4. The van der Waals surface area contributed by atoms with Gasteiger partial charge in [0.15, 0.2) is 5.82 Å². The molecular weight excluding hydrogens is 252 g/mol. The van der Waals surface area contributed by atoms with Crippen molar-refractivity contribution in [1.82, 2.24) is 20.1 Å². The predicted octanol–water partition coefficient (Wildman–Crippen LogP) is 2.46. The van der Waals surface area contributed by atoms with Gasteiger partial charge in [-0.3, -0.25) is 4.79 Å². The summed E-state index contributed by atoms with van der Waals surface area (Å²) in [5.74, 6) is 0.877. The molecule has 0 fully saturated rings. The van der Waals surface area contributed by atoms with Crippen LogP contribution in [0.3, 0.4) is 0 Å². The van der Waals surface area contributed by atoms with Gasteiger partial charge in [-0.25, -0.2) is 9.67 Å². The first kappa shape index (κ1) is 14.2. The minimum Gasteiger partial charge on any atom is -0.352 e. The number of carbonyl (C=O) groups excluding carboxylic acids is 1. The molecule has 0 saturated heterocycles. The van der Waals surface area contributed by atoms with Gasteiger partial charge >= 0.3 is 0 Å². The van der Waals surface area contributed by atoms with E-state index in [1.807, 2.05) is 24.4 Å². The minimum absolute atomic E-state index is 0.106. The highest BCUT2D eigenvalue weighted by molar-refractivity contribution is 5.75. The summed E-state index contributed by atoms with van der Waals surface area (Å²) in [4.78, 5) is 15.9. The smallest absolute Gasteiger partial charge is 0.220 e. The lowest BCUT2D eigenvalue weighted by atomic mass is 10.2. The highest BCUT2D eigenvalue weighted by Gasteiger charge is 2.02. The fourth-order valence-corrected chi connectivity index (χ4v) is 1.89. The largest absolute Gasteiger partial charge is 0.352 e. The maximum atomic E-state index is 11.6. The van der Waals surface area contributed by atoms with Crippen LogP contribution in [0.1, 0.15) is 38.2 Å². The molecule has 0 aliphatic rings. The van der Waals surface area contributed by atoms with E-state index in [2.05, 4.69) is 22.3 Å². The lowest BCUT2D eigenvalue weighted by Gasteiger charge is -2.06. The van der Waals surface area contributed by atoms with Crippen LogP contribution in [0, 0.1) is 0 Å². The van der Waals surface area contributed by atoms with Crippen molar-refractivity contribution in [3.63, 3.8) is 0 Å². The zero-order valence-electron chi connectivity index (χ0n) is 11.7. The van der Waals surface area contributed by atoms with Crippen molar-refractivity contribution in [3.8, 4) is 5.82 Å². The number of rotatable bonds is 7. The van der Waals surface area contributed by atoms with Crippen LogP contribution in [0.5, 0.6) is 0 Å². The Hall–Kier alpha value is -2.17. The van der Waals surface area contributed by atoms with Gasteiger partial charge in [-0.2, -0.15) is 5.10 Å². The van der Waals surface area contributed by atoms with Crippen LogP contribution in [-0.2, 0) is 11.3 Å². The van der Waals surface area contributed by atoms with Gasteiger partial charge in [0, 0.05) is 31.6 Å². The van der Waals surface area contributed by atoms with Gasteiger partial charge in [-0.15, -0.1) is 0 Å². The second-order valence-electron chi connectivity index (χ2n) is 4.71. The van der Waals surface area contributed by atoms with Gasteiger partial charge in [0.25, 0.3) is 0 Å². The molecule has 2 heterocycles. The van der Waals surface area contributed by atoms with Gasteiger partial charge < -0.3 is 5.32 Å². The van der Waals surface area contributed by atoms with E-state index in [4.69, 9.17) is 0 Å². The maximum Gasteiger partial charge on any atom is 0.220 e. The van der Waals surface area contributed by atoms with Crippen molar-refractivity contribution in [2.45, 2.75) is 39.2 Å². The highest BCUT2D eigenvalue weighted by Crippen LogP contribution is 2.05. The molecule has 106 valence electrons. The lowest BCUT2D eigenvalue weighted by molar-refractivity contribution is -0.121. The Bertz CT molecular complexity index is 519. The van der Waals surface area contributed by atoms with Crippen LogP contribution in [0.25, 0.3) is 5.82 Å². The van der Waals surface area contributed by atoms with Crippen LogP contribution in [0.15, 0.2) is 36.8 Å². The fourth-order valence-electron chi connectivity index (χ4n) is 1.89. The van der Waals surface area contributed by atoms with Crippen LogP contribution in [0.2, 0.25) is 0 Å². The van der Waals surface area contributed by atoms with Crippen molar-refractivity contribution in [1.29, 1.82) is 0 Å². The summed E-state index contributed by atoms with van der Waals surface area (Å²) in [6.45, 7) is 2.65. The Labute approximate surface area is 119 Å². The van der Waals surface area contributed by atoms with Crippen LogP contribution < -0.4 is 5.32 Å².